The first-order valence-corrected chi connectivity index (χ1v) is 6.38. The lowest BCUT2D eigenvalue weighted by Gasteiger charge is -2.35. The molecular formula is C14H20Cl2N2. The molecule has 4 rings (SSSR count). The number of hydrogen-bond donors (Lipinski definition) is 0. The van der Waals surface area contributed by atoms with Crippen LogP contribution in [0.5, 0.6) is 0 Å². The molecule has 0 N–H and O–H groups in total. The van der Waals surface area contributed by atoms with Crippen molar-refractivity contribution in [1.82, 2.24) is 4.90 Å². The summed E-state index contributed by atoms with van der Waals surface area (Å²) < 4.78 is 0. The molecule has 0 spiro atoms. The van der Waals surface area contributed by atoms with Gasteiger partial charge < -0.3 is 9.80 Å². The quantitative estimate of drug-likeness (QED) is 0.723. The van der Waals surface area contributed by atoms with Gasteiger partial charge in [0.25, 0.3) is 0 Å². The third kappa shape index (κ3) is 1.82. The molecule has 0 bridgehead atoms. The molecule has 4 heteroatoms. The van der Waals surface area contributed by atoms with Gasteiger partial charge in [0.1, 0.15) is 0 Å². The molecule has 3 heterocycles. The minimum absolute atomic E-state index is 0. The molecule has 0 saturated carbocycles. The summed E-state index contributed by atoms with van der Waals surface area (Å²) in [5, 5.41) is 0. The number of rotatable bonds is 0. The second kappa shape index (κ2) is 4.92. The molecule has 100 valence electrons. The topological polar surface area (TPSA) is 6.48 Å². The fraction of sp³-hybridized carbons (Fsp3) is 0.571. The van der Waals surface area contributed by atoms with Crippen LogP contribution in [0.15, 0.2) is 18.2 Å². The molecule has 18 heavy (non-hydrogen) atoms. The fourth-order valence-electron chi connectivity index (χ4n) is 3.95. The monoisotopic (exact) mass is 286 g/mol. The lowest BCUT2D eigenvalue weighted by molar-refractivity contribution is 0.395. The number of hydrogen-bond acceptors (Lipinski definition) is 2. The van der Waals surface area contributed by atoms with Crippen LogP contribution in [0.25, 0.3) is 0 Å². The molecule has 2 nitrogen and oxygen atoms in total. The first-order chi connectivity index (χ1) is 7.83. The van der Waals surface area contributed by atoms with E-state index in [2.05, 4.69) is 35.0 Å². The smallest absolute Gasteiger partial charge is 0.0435 e. The summed E-state index contributed by atoms with van der Waals surface area (Å²) >= 11 is 0. The molecule has 1 fully saturated rings. The summed E-state index contributed by atoms with van der Waals surface area (Å²) in [6, 6.07) is 6.95. The van der Waals surface area contributed by atoms with E-state index in [1.165, 1.54) is 32.6 Å². The molecule has 0 aliphatic carbocycles. The normalized spacial score (nSPS) is 28.2. The maximum Gasteiger partial charge on any atom is 0.0435 e. The first-order valence-electron chi connectivity index (χ1n) is 6.38. The fourth-order valence-corrected chi connectivity index (χ4v) is 3.95. The van der Waals surface area contributed by atoms with E-state index in [1.54, 1.807) is 16.8 Å². The van der Waals surface area contributed by atoms with Gasteiger partial charge in [-0.3, -0.25) is 0 Å². The van der Waals surface area contributed by atoms with Crippen molar-refractivity contribution in [3.05, 3.63) is 29.3 Å². The zero-order valence-corrected chi connectivity index (χ0v) is 12.3. The van der Waals surface area contributed by atoms with Crippen molar-refractivity contribution in [2.45, 2.75) is 12.3 Å². The molecule has 0 radical (unpaired) electrons. The number of likely N-dealkylation sites (tertiary alicyclic amines) is 1. The molecule has 3 aliphatic rings. The van der Waals surface area contributed by atoms with E-state index >= 15 is 0 Å². The van der Waals surface area contributed by atoms with E-state index in [-0.39, 0.29) is 24.8 Å². The number of halogens is 2. The van der Waals surface area contributed by atoms with Gasteiger partial charge in [-0.2, -0.15) is 0 Å². The van der Waals surface area contributed by atoms with Crippen molar-refractivity contribution in [2.75, 3.05) is 38.1 Å². The molecule has 3 aliphatic heterocycles. The van der Waals surface area contributed by atoms with Gasteiger partial charge in [-0.05, 0) is 30.5 Å². The van der Waals surface area contributed by atoms with Crippen LogP contribution in [0.1, 0.15) is 17.0 Å². The highest BCUT2D eigenvalue weighted by atomic mass is 35.5. The van der Waals surface area contributed by atoms with Crippen molar-refractivity contribution in [3.63, 3.8) is 0 Å². The second-order valence-electron chi connectivity index (χ2n) is 5.64. The van der Waals surface area contributed by atoms with E-state index in [4.69, 9.17) is 0 Å². The Labute approximate surface area is 121 Å². The number of anilines is 1. The molecule has 1 aromatic rings. The standard InChI is InChI=1S/C14H18N2.2ClH/c1-15-7-11-8-16-6-5-10-3-2-4-12(14(10)16)13(11)9-15;;/h2-4,11,13H,5-9H2,1H3;2*1H/t11-,13-;;/m1../s1. The van der Waals surface area contributed by atoms with Gasteiger partial charge in [-0.15, -0.1) is 24.8 Å². The van der Waals surface area contributed by atoms with Gasteiger partial charge in [0, 0.05) is 37.8 Å². The molecule has 0 aromatic heterocycles. The van der Waals surface area contributed by atoms with E-state index in [1.807, 2.05) is 0 Å². The van der Waals surface area contributed by atoms with Gasteiger partial charge in [0.15, 0.2) is 0 Å². The molecular weight excluding hydrogens is 267 g/mol. The molecule has 1 aromatic carbocycles. The third-order valence-electron chi connectivity index (χ3n) is 4.60. The second-order valence-corrected chi connectivity index (χ2v) is 5.64. The van der Waals surface area contributed by atoms with Crippen LogP contribution in [0.3, 0.4) is 0 Å². The number of fused-ring (bicyclic) bond motifs is 2. The molecule has 2 atom stereocenters. The number of likely N-dealkylation sites (N-methyl/N-ethyl adjacent to an activating group) is 1. The summed E-state index contributed by atoms with van der Waals surface area (Å²) in [5.41, 5.74) is 4.82. The summed E-state index contributed by atoms with van der Waals surface area (Å²) in [6.07, 6.45) is 1.26. The van der Waals surface area contributed by atoms with Crippen molar-refractivity contribution in [2.24, 2.45) is 5.92 Å². The first kappa shape index (κ1) is 14.0. The van der Waals surface area contributed by atoms with Crippen LogP contribution < -0.4 is 4.90 Å². The van der Waals surface area contributed by atoms with Gasteiger partial charge in [-0.1, -0.05) is 18.2 Å². The van der Waals surface area contributed by atoms with Gasteiger partial charge >= 0.3 is 0 Å². The Morgan fingerprint density at radius 3 is 2.78 bits per heavy atom. The lowest BCUT2D eigenvalue weighted by atomic mass is 9.83. The number of benzene rings is 1. The van der Waals surface area contributed by atoms with Crippen molar-refractivity contribution in [3.8, 4) is 0 Å². The molecule has 1 saturated heterocycles. The highest BCUT2D eigenvalue weighted by Crippen LogP contribution is 2.46. The Morgan fingerprint density at radius 1 is 1.11 bits per heavy atom. The van der Waals surface area contributed by atoms with Crippen LogP contribution in [0, 0.1) is 5.92 Å². The lowest BCUT2D eigenvalue weighted by Crippen LogP contribution is -2.35. The third-order valence-corrected chi connectivity index (χ3v) is 4.60. The predicted molar refractivity (Wildman–Crippen MR) is 80.6 cm³/mol. The van der Waals surface area contributed by atoms with Crippen LogP contribution in [0.2, 0.25) is 0 Å². The average molecular weight is 287 g/mol. The Kier molecular flexibility index (Phi) is 3.82. The predicted octanol–water partition coefficient (Wildman–Crippen LogP) is 2.55. The SMILES string of the molecule is CN1C[C@@H]2CN3CCc4cccc(c43)[C@@H]2C1.Cl.Cl. The van der Waals surface area contributed by atoms with Gasteiger partial charge in [0.05, 0.1) is 0 Å². The largest absolute Gasteiger partial charge is 0.370 e. The van der Waals surface area contributed by atoms with Gasteiger partial charge in [-0.25, -0.2) is 0 Å². The average Bonchev–Trinajstić information content (AvgIpc) is 2.84. The van der Waals surface area contributed by atoms with E-state index < -0.39 is 0 Å². The van der Waals surface area contributed by atoms with E-state index in [9.17, 15) is 0 Å². The van der Waals surface area contributed by atoms with Crippen LogP contribution in [-0.2, 0) is 6.42 Å². The Hall–Kier alpha value is -0.440. The Balaban J connectivity index is 0.000000602. The molecule has 0 amide bonds. The Morgan fingerprint density at radius 2 is 1.94 bits per heavy atom. The zero-order valence-electron chi connectivity index (χ0n) is 10.6. The highest BCUT2D eigenvalue weighted by molar-refractivity contribution is 5.85. The van der Waals surface area contributed by atoms with Crippen molar-refractivity contribution in [1.29, 1.82) is 0 Å². The highest BCUT2D eigenvalue weighted by Gasteiger charge is 2.40. The Bertz CT molecular complexity index is 449. The molecule has 0 unspecified atom stereocenters. The summed E-state index contributed by atoms with van der Waals surface area (Å²) in [6.45, 7) is 5.08. The zero-order chi connectivity index (χ0) is 10.7. The van der Waals surface area contributed by atoms with Crippen LogP contribution >= 0.6 is 24.8 Å². The van der Waals surface area contributed by atoms with Gasteiger partial charge in [0.2, 0.25) is 0 Å². The van der Waals surface area contributed by atoms with Crippen molar-refractivity contribution < 1.29 is 0 Å². The summed E-state index contributed by atoms with van der Waals surface area (Å²) in [4.78, 5) is 5.13. The van der Waals surface area contributed by atoms with E-state index in [0.717, 1.165) is 11.8 Å². The number of nitrogens with zero attached hydrogens (tertiary/aromatic N) is 2. The maximum absolute atomic E-state index is 2.63. The minimum Gasteiger partial charge on any atom is -0.370 e. The van der Waals surface area contributed by atoms with Crippen LogP contribution in [-0.4, -0.2) is 38.1 Å². The summed E-state index contributed by atoms with van der Waals surface area (Å²) in [5.74, 6) is 1.67. The van der Waals surface area contributed by atoms with E-state index in [0.29, 0.717) is 0 Å². The summed E-state index contributed by atoms with van der Waals surface area (Å²) in [7, 11) is 2.26. The maximum atomic E-state index is 2.63. The van der Waals surface area contributed by atoms with Crippen LogP contribution in [0.4, 0.5) is 5.69 Å². The van der Waals surface area contributed by atoms with Crippen molar-refractivity contribution >= 4 is 30.5 Å². The minimum atomic E-state index is 0. The number of para-hydroxylation sites is 1.